The third-order valence-corrected chi connectivity index (χ3v) is 7.65. The molecule has 1 aromatic heterocycles. The summed E-state index contributed by atoms with van der Waals surface area (Å²) in [5.74, 6) is -0.906. The molecule has 0 aliphatic carbocycles. The van der Waals surface area contributed by atoms with E-state index in [4.69, 9.17) is 11.6 Å². The number of halogens is 1. The highest BCUT2D eigenvalue weighted by Crippen LogP contribution is 2.34. The van der Waals surface area contributed by atoms with Crippen LogP contribution in [0.2, 0.25) is 5.02 Å². The molecule has 2 heterocycles. The normalized spacial score (nSPS) is 14.7. The number of benzene rings is 3. The second-order valence-corrected chi connectivity index (χ2v) is 10.3. The van der Waals surface area contributed by atoms with E-state index in [9.17, 15) is 14.4 Å². The summed E-state index contributed by atoms with van der Waals surface area (Å²) in [6.45, 7) is 4.16. The molecule has 3 amide bonds. The molecule has 5 rings (SSSR count). The molecule has 0 spiro atoms. The monoisotopic (exact) mass is 529 g/mol. The standard InChI is InChI=1S/C29H24ClN3O3S/c1-18-11-12-22(13-19(18)2)31-27(34)17-33-28(35)26(37-29(33)36)14-21-16-32(25-10-6-4-8-23(21)25)15-20-7-3-5-9-24(20)30/h3-14,16H,15,17H2,1-2H3,(H,31,34)/b26-14-. The van der Waals surface area contributed by atoms with Crippen molar-refractivity contribution >= 4 is 63.1 Å². The Labute approximate surface area is 223 Å². The van der Waals surface area contributed by atoms with Crippen LogP contribution in [0.3, 0.4) is 0 Å². The van der Waals surface area contributed by atoms with Crippen molar-refractivity contribution in [1.82, 2.24) is 9.47 Å². The van der Waals surface area contributed by atoms with E-state index in [0.717, 1.165) is 49.8 Å². The Bertz CT molecular complexity index is 1590. The molecule has 0 radical (unpaired) electrons. The summed E-state index contributed by atoms with van der Waals surface area (Å²) in [4.78, 5) is 39.6. The van der Waals surface area contributed by atoms with Gasteiger partial charge in [-0.25, -0.2) is 0 Å². The number of aromatic nitrogens is 1. The van der Waals surface area contributed by atoms with Gasteiger partial charge in [0.2, 0.25) is 5.91 Å². The first-order valence-electron chi connectivity index (χ1n) is 11.7. The Morgan fingerprint density at radius 1 is 1.00 bits per heavy atom. The van der Waals surface area contributed by atoms with Gasteiger partial charge in [-0.15, -0.1) is 0 Å². The summed E-state index contributed by atoms with van der Waals surface area (Å²) in [7, 11) is 0. The number of amides is 3. The molecule has 4 aromatic rings. The summed E-state index contributed by atoms with van der Waals surface area (Å²) in [5, 5.41) is 3.94. The first kappa shape index (κ1) is 24.9. The lowest BCUT2D eigenvalue weighted by molar-refractivity contribution is -0.127. The Balaban J connectivity index is 1.37. The molecule has 3 aromatic carbocycles. The molecule has 0 unspecified atom stereocenters. The van der Waals surface area contributed by atoms with Crippen molar-refractivity contribution < 1.29 is 14.4 Å². The van der Waals surface area contributed by atoms with Gasteiger partial charge in [0.05, 0.1) is 4.91 Å². The SMILES string of the molecule is Cc1ccc(NC(=O)CN2C(=O)S/C(=C\c3cn(Cc4ccccc4Cl)c4ccccc34)C2=O)cc1C. The van der Waals surface area contributed by atoms with Gasteiger partial charge in [-0.1, -0.05) is 54.1 Å². The number of rotatable bonds is 6. The van der Waals surface area contributed by atoms with Crippen molar-refractivity contribution in [3.63, 3.8) is 0 Å². The number of fused-ring (bicyclic) bond motifs is 1. The van der Waals surface area contributed by atoms with Crippen LogP contribution in [-0.4, -0.2) is 33.1 Å². The maximum atomic E-state index is 13.1. The van der Waals surface area contributed by atoms with Gasteiger partial charge in [-0.3, -0.25) is 19.3 Å². The fourth-order valence-electron chi connectivity index (χ4n) is 4.27. The lowest BCUT2D eigenvalue weighted by atomic mass is 10.1. The van der Waals surface area contributed by atoms with E-state index in [1.54, 1.807) is 12.1 Å². The number of imide groups is 1. The predicted octanol–water partition coefficient (Wildman–Crippen LogP) is 6.63. The molecule has 37 heavy (non-hydrogen) atoms. The number of hydrogen-bond donors (Lipinski definition) is 1. The second-order valence-electron chi connectivity index (χ2n) is 8.94. The fourth-order valence-corrected chi connectivity index (χ4v) is 5.30. The van der Waals surface area contributed by atoms with E-state index in [1.165, 1.54) is 0 Å². The van der Waals surface area contributed by atoms with E-state index in [1.807, 2.05) is 80.7 Å². The largest absolute Gasteiger partial charge is 0.342 e. The molecular weight excluding hydrogens is 506 g/mol. The minimum absolute atomic E-state index is 0.282. The van der Waals surface area contributed by atoms with Crippen LogP contribution in [0.4, 0.5) is 10.5 Å². The van der Waals surface area contributed by atoms with Crippen molar-refractivity contribution in [3.05, 3.63) is 105 Å². The number of anilines is 1. The van der Waals surface area contributed by atoms with E-state index in [-0.39, 0.29) is 11.4 Å². The van der Waals surface area contributed by atoms with Crippen LogP contribution in [-0.2, 0) is 16.1 Å². The van der Waals surface area contributed by atoms with Crippen LogP contribution in [0, 0.1) is 13.8 Å². The average molecular weight is 530 g/mol. The third-order valence-electron chi connectivity index (χ3n) is 6.37. The third kappa shape index (κ3) is 5.19. The number of thioether (sulfide) groups is 1. The van der Waals surface area contributed by atoms with Gasteiger partial charge >= 0.3 is 0 Å². The lowest BCUT2D eigenvalue weighted by Gasteiger charge is -2.13. The maximum absolute atomic E-state index is 13.1. The molecule has 1 N–H and O–H groups in total. The molecule has 1 fully saturated rings. The van der Waals surface area contributed by atoms with E-state index in [2.05, 4.69) is 9.88 Å². The van der Waals surface area contributed by atoms with Crippen LogP contribution in [0.25, 0.3) is 17.0 Å². The summed E-state index contributed by atoms with van der Waals surface area (Å²) < 4.78 is 2.07. The zero-order chi connectivity index (χ0) is 26.1. The van der Waals surface area contributed by atoms with E-state index >= 15 is 0 Å². The van der Waals surface area contributed by atoms with Gasteiger partial charge in [0, 0.05) is 39.9 Å². The van der Waals surface area contributed by atoms with Crippen LogP contribution >= 0.6 is 23.4 Å². The molecule has 1 aliphatic heterocycles. The second kappa shape index (κ2) is 10.3. The highest BCUT2D eigenvalue weighted by molar-refractivity contribution is 8.18. The number of carbonyl (C=O) groups is 3. The number of hydrogen-bond acceptors (Lipinski definition) is 4. The first-order chi connectivity index (χ1) is 17.8. The smallest absolute Gasteiger partial charge is 0.294 e. The molecule has 6 nitrogen and oxygen atoms in total. The van der Waals surface area contributed by atoms with Gasteiger partial charge in [0.1, 0.15) is 6.54 Å². The van der Waals surface area contributed by atoms with Gasteiger partial charge < -0.3 is 9.88 Å². The highest BCUT2D eigenvalue weighted by atomic mass is 35.5. The molecule has 0 saturated carbocycles. The van der Waals surface area contributed by atoms with Crippen LogP contribution in [0.1, 0.15) is 22.3 Å². The Kier molecular flexibility index (Phi) is 6.91. The topological polar surface area (TPSA) is 71.4 Å². The molecule has 0 bridgehead atoms. The predicted molar refractivity (Wildman–Crippen MR) is 150 cm³/mol. The lowest BCUT2D eigenvalue weighted by Crippen LogP contribution is -2.36. The van der Waals surface area contributed by atoms with Gasteiger partial charge in [-0.2, -0.15) is 0 Å². The molecule has 1 saturated heterocycles. The fraction of sp³-hybridized carbons (Fsp3) is 0.138. The zero-order valence-electron chi connectivity index (χ0n) is 20.3. The van der Waals surface area contributed by atoms with Crippen molar-refractivity contribution in [2.24, 2.45) is 0 Å². The summed E-state index contributed by atoms with van der Waals surface area (Å²) in [6.07, 6.45) is 3.67. The molecule has 0 atom stereocenters. The summed E-state index contributed by atoms with van der Waals surface area (Å²) in [6, 6.07) is 21.1. The number of nitrogens with one attached hydrogen (secondary N) is 1. The van der Waals surface area contributed by atoms with Gasteiger partial charge in [0.15, 0.2) is 0 Å². The van der Waals surface area contributed by atoms with Crippen LogP contribution in [0.15, 0.2) is 77.8 Å². The van der Waals surface area contributed by atoms with Crippen molar-refractivity contribution in [2.45, 2.75) is 20.4 Å². The molecular formula is C29H24ClN3O3S. The minimum Gasteiger partial charge on any atom is -0.342 e. The number of para-hydroxylation sites is 1. The molecule has 8 heteroatoms. The molecule has 186 valence electrons. The maximum Gasteiger partial charge on any atom is 0.294 e. The van der Waals surface area contributed by atoms with Gasteiger partial charge in [-0.05, 0) is 72.6 Å². The van der Waals surface area contributed by atoms with Gasteiger partial charge in [0.25, 0.3) is 11.1 Å². The van der Waals surface area contributed by atoms with Crippen LogP contribution < -0.4 is 5.32 Å². The first-order valence-corrected chi connectivity index (χ1v) is 12.9. The summed E-state index contributed by atoms with van der Waals surface area (Å²) >= 11 is 7.22. The van der Waals surface area contributed by atoms with Crippen molar-refractivity contribution in [2.75, 3.05) is 11.9 Å². The van der Waals surface area contributed by atoms with E-state index in [0.29, 0.717) is 17.3 Å². The van der Waals surface area contributed by atoms with Crippen LogP contribution in [0.5, 0.6) is 0 Å². The van der Waals surface area contributed by atoms with E-state index < -0.39 is 17.1 Å². The number of aryl methyl sites for hydroxylation is 2. The zero-order valence-corrected chi connectivity index (χ0v) is 21.9. The minimum atomic E-state index is -0.479. The number of carbonyl (C=O) groups excluding carboxylic acids is 3. The quantitative estimate of drug-likeness (QED) is 0.284. The van der Waals surface area contributed by atoms with Crippen molar-refractivity contribution in [3.8, 4) is 0 Å². The Hall–Kier alpha value is -3.81. The average Bonchev–Trinajstić information content (AvgIpc) is 3.35. The van der Waals surface area contributed by atoms with Crippen molar-refractivity contribution in [1.29, 1.82) is 0 Å². The molecule has 1 aliphatic rings. The Morgan fingerprint density at radius 3 is 2.54 bits per heavy atom. The summed E-state index contributed by atoms with van der Waals surface area (Å²) in [5.41, 5.74) is 5.56. The Morgan fingerprint density at radius 2 is 1.76 bits per heavy atom. The number of nitrogens with zero attached hydrogens (tertiary/aromatic N) is 2. The highest BCUT2D eigenvalue weighted by Gasteiger charge is 2.36.